The van der Waals surface area contributed by atoms with Crippen LogP contribution >= 0.6 is 23.8 Å². The minimum absolute atomic E-state index is 0.352. The third-order valence-corrected chi connectivity index (χ3v) is 3.64. The Morgan fingerprint density at radius 2 is 2.21 bits per heavy atom. The van der Waals surface area contributed by atoms with Gasteiger partial charge in [0.05, 0.1) is 17.3 Å². The lowest BCUT2D eigenvalue weighted by Gasteiger charge is -2.02. The van der Waals surface area contributed by atoms with Gasteiger partial charge >= 0.3 is 0 Å². The van der Waals surface area contributed by atoms with Gasteiger partial charge < -0.3 is 5.11 Å². The summed E-state index contributed by atoms with van der Waals surface area (Å²) >= 11 is 6.91. The topological polar surface area (TPSA) is 25.2 Å². The lowest BCUT2D eigenvalue weighted by molar-refractivity contribution is 0.177. The molecular formula is C10H11NOS2. The number of nitrogens with zero attached hydrogens (tertiary/aromatic N) is 1. The van der Waals surface area contributed by atoms with Crippen molar-refractivity contribution < 1.29 is 5.11 Å². The zero-order valence-electron chi connectivity index (χ0n) is 7.80. The average Bonchev–Trinajstić information content (AvgIpc) is 2.44. The monoisotopic (exact) mass is 225 g/mol. The summed E-state index contributed by atoms with van der Waals surface area (Å²) in [7, 11) is 0. The molecule has 1 heterocycles. The van der Waals surface area contributed by atoms with Crippen LogP contribution in [0.15, 0.2) is 24.3 Å². The van der Waals surface area contributed by atoms with Gasteiger partial charge in [-0.15, -0.1) is 0 Å². The second-order valence-corrected chi connectivity index (χ2v) is 4.75. The summed E-state index contributed by atoms with van der Waals surface area (Å²) in [6, 6.07) is 8.05. The normalized spacial score (nSPS) is 13.3. The molecule has 1 unspecified atom stereocenters. The Morgan fingerprint density at radius 1 is 1.50 bits per heavy atom. The Morgan fingerprint density at radius 3 is 2.86 bits per heavy atom. The largest absolute Gasteiger partial charge is 0.392 e. The molecule has 0 fully saturated rings. The number of aliphatic hydroxyl groups excluding tert-OH is 1. The highest BCUT2D eigenvalue weighted by Gasteiger charge is 2.05. The highest BCUT2D eigenvalue weighted by molar-refractivity contribution is 7.71. The number of benzene rings is 1. The molecule has 0 aliphatic carbocycles. The van der Waals surface area contributed by atoms with E-state index >= 15 is 0 Å². The van der Waals surface area contributed by atoms with Gasteiger partial charge in [-0.05, 0) is 13.0 Å². The van der Waals surface area contributed by atoms with Crippen LogP contribution in [0.3, 0.4) is 0 Å². The van der Waals surface area contributed by atoms with Crippen LogP contribution in [0.5, 0.6) is 0 Å². The van der Waals surface area contributed by atoms with Crippen LogP contribution in [0, 0.1) is 4.64 Å². The number of aliphatic hydroxyl groups is 1. The lowest BCUT2D eigenvalue weighted by Crippen LogP contribution is -2.09. The fourth-order valence-corrected chi connectivity index (χ4v) is 2.92. The molecule has 14 heavy (non-hydrogen) atoms. The van der Waals surface area contributed by atoms with Crippen molar-refractivity contribution in [2.24, 2.45) is 0 Å². The molecule has 0 aliphatic heterocycles. The van der Waals surface area contributed by atoms with Crippen LogP contribution in [0.25, 0.3) is 10.1 Å². The van der Waals surface area contributed by atoms with Crippen molar-refractivity contribution in [2.45, 2.75) is 19.6 Å². The molecular weight excluding hydrogens is 214 g/mol. The summed E-state index contributed by atoms with van der Waals surface area (Å²) in [5, 5.41) is 10.4. The lowest BCUT2D eigenvalue weighted by atomic mass is 10.3. The zero-order valence-corrected chi connectivity index (χ0v) is 9.44. The number of hydrogen-bond acceptors (Lipinski definition) is 3. The van der Waals surface area contributed by atoms with E-state index in [0.717, 1.165) is 10.0 Å². The predicted molar refractivity (Wildman–Crippen MR) is 62.3 cm³/mol. The Labute approximate surface area is 91.6 Å². The van der Waals surface area contributed by atoms with Gasteiger partial charge in [0.25, 0.3) is 0 Å². The van der Waals surface area contributed by atoms with Gasteiger partial charge in [-0.3, -0.25) is 3.96 Å². The molecule has 1 atom stereocenters. The van der Waals surface area contributed by atoms with Gasteiger partial charge in [-0.1, -0.05) is 41.9 Å². The first-order valence-electron chi connectivity index (χ1n) is 4.45. The molecule has 2 aromatic rings. The predicted octanol–water partition coefficient (Wildman–Crippen LogP) is 2.81. The maximum Gasteiger partial charge on any atom is 0.124 e. The van der Waals surface area contributed by atoms with E-state index in [1.165, 1.54) is 4.70 Å². The van der Waals surface area contributed by atoms with Gasteiger partial charge in [-0.2, -0.15) is 0 Å². The van der Waals surface area contributed by atoms with Crippen LogP contribution in [0.2, 0.25) is 0 Å². The van der Waals surface area contributed by atoms with E-state index in [4.69, 9.17) is 12.2 Å². The van der Waals surface area contributed by atoms with E-state index in [1.807, 2.05) is 28.2 Å². The molecule has 0 aliphatic rings. The van der Waals surface area contributed by atoms with E-state index in [9.17, 15) is 5.11 Å². The molecule has 1 aromatic carbocycles. The van der Waals surface area contributed by atoms with Crippen molar-refractivity contribution in [3.05, 3.63) is 28.9 Å². The zero-order chi connectivity index (χ0) is 10.1. The molecule has 2 nitrogen and oxygen atoms in total. The van der Waals surface area contributed by atoms with Gasteiger partial charge in [-0.25, -0.2) is 0 Å². The number of fused-ring (bicyclic) bond motifs is 1. The summed E-state index contributed by atoms with van der Waals surface area (Å²) in [6.07, 6.45) is -0.352. The molecule has 2 rings (SSSR count). The van der Waals surface area contributed by atoms with Crippen molar-refractivity contribution in [1.82, 2.24) is 3.96 Å². The number of rotatable bonds is 2. The van der Waals surface area contributed by atoms with Crippen molar-refractivity contribution in [3.8, 4) is 0 Å². The summed E-state index contributed by atoms with van der Waals surface area (Å²) in [6.45, 7) is 2.35. The Balaban J connectivity index is 2.57. The minimum Gasteiger partial charge on any atom is -0.392 e. The van der Waals surface area contributed by atoms with E-state index in [0.29, 0.717) is 6.54 Å². The first-order chi connectivity index (χ1) is 6.68. The Hall–Kier alpha value is -0.710. The SMILES string of the molecule is CC(O)Cn1sc2ccccc2c1=S. The fraction of sp³-hybridized carbons (Fsp3) is 0.300. The van der Waals surface area contributed by atoms with E-state index in [2.05, 4.69) is 0 Å². The highest BCUT2D eigenvalue weighted by Crippen LogP contribution is 2.22. The maximum atomic E-state index is 9.29. The molecule has 1 aromatic heterocycles. The number of aromatic nitrogens is 1. The molecule has 0 bridgehead atoms. The summed E-state index contributed by atoms with van der Waals surface area (Å²) in [4.78, 5) is 0. The highest BCUT2D eigenvalue weighted by atomic mass is 32.1. The molecule has 4 heteroatoms. The quantitative estimate of drug-likeness (QED) is 0.795. The van der Waals surface area contributed by atoms with E-state index < -0.39 is 0 Å². The molecule has 0 saturated carbocycles. The molecule has 74 valence electrons. The third kappa shape index (κ3) is 1.73. The smallest absolute Gasteiger partial charge is 0.124 e. The Bertz CT molecular complexity index is 498. The summed E-state index contributed by atoms with van der Waals surface area (Å²) in [5.74, 6) is 0. The summed E-state index contributed by atoms with van der Waals surface area (Å²) < 4.78 is 3.97. The van der Waals surface area contributed by atoms with Crippen LogP contribution in [-0.4, -0.2) is 15.2 Å². The van der Waals surface area contributed by atoms with Crippen molar-refractivity contribution >= 4 is 33.8 Å². The first-order valence-corrected chi connectivity index (χ1v) is 5.63. The summed E-state index contributed by atoms with van der Waals surface area (Å²) in [5.41, 5.74) is 0. The van der Waals surface area contributed by atoms with Crippen LogP contribution < -0.4 is 0 Å². The van der Waals surface area contributed by atoms with Gasteiger partial charge in [0, 0.05) is 5.39 Å². The van der Waals surface area contributed by atoms with E-state index in [-0.39, 0.29) is 6.10 Å². The number of hydrogen-bond donors (Lipinski definition) is 1. The molecule has 0 spiro atoms. The van der Waals surface area contributed by atoms with Gasteiger partial charge in [0.15, 0.2) is 0 Å². The van der Waals surface area contributed by atoms with E-state index in [1.54, 1.807) is 18.5 Å². The second-order valence-electron chi connectivity index (χ2n) is 3.30. The van der Waals surface area contributed by atoms with Crippen molar-refractivity contribution in [1.29, 1.82) is 0 Å². The molecule has 0 saturated heterocycles. The average molecular weight is 225 g/mol. The van der Waals surface area contributed by atoms with Gasteiger partial charge in [0.2, 0.25) is 0 Å². The van der Waals surface area contributed by atoms with Crippen LogP contribution in [-0.2, 0) is 6.54 Å². The van der Waals surface area contributed by atoms with Crippen molar-refractivity contribution in [2.75, 3.05) is 0 Å². The second kappa shape index (κ2) is 3.81. The molecule has 0 amide bonds. The first kappa shape index (κ1) is 9.83. The molecule has 0 radical (unpaired) electrons. The van der Waals surface area contributed by atoms with Crippen LogP contribution in [0.1, 0.15) is 6.92 Å². The third-order valence-electron chi connectivity index (χ3n) is 1.98. The maximum absolute atomic E-state index is 9.29. The Kier molecular flexibility index (Phi) is 2.67. The molecule has 1 N–H and O–H groups in total. The standard InChI is InChI=1S/C10H11NOS2/c1-7(12)6-11-10(13)8-4-2-3-5-9(8)14-11/h2-5,7,12H,6H2,1H3. The fourth-order valence-electron chi connectivity index (χ4n) is 1.38. The van der Waals surface area contributed by atoms with Crippen molar-refractivity contribution in [3.63, 3.8) is 0 Å². The van der Waals surface area contributed by atoms with Crippen LogP contribution in [0.4, 0.5) is 0 Å². The minimum atomic E-state index is -0.352. The van der Waals surface area contributed by atoms with Gasteiger partial charge in [0.1, 0.15) is 4.64 Å².